The molecule has 1 heterocycles. The number of nitrogens with zero attached hydrogens (tertiary/aromatic N) is 2. The lowest BCUT2D eigenvalue weighted by molar-refractivity contribution is 0.700. The van der Waals surface area contributed by atoms with Crippen LogP contribution in [0.5, 0.6) is 0 Å². The van der Waals surface area contributed by atoms with E-state index in [1.54, 1.807) is 0 Å². The molecule has 0 aliphatic heterocycles. The highest BCUT2D eigenvalue weighted by Gasteiger charge is 1.95. The summed E-state index contributed by atoms with van der Waals surface area (Å²) < 4.78 is 1.91. The van der Waals surface area contributed by atoms with Crippen LogP contribution < -0.4 is 0 Å². The van der Waals surface area contributed by atoms with Crippen molar-refractivity contribution in [3.05, 3.63) is 18.0 Å². The van der Waals surface area contributed by atoms with Gasteiger partial charge in [0.15, 0.2) is 0 Å². The first-order valence-corrected chi connectivity index (χ1v) is 4.05. The molecule has 0 spiro atoms. The molecule has 0 amide bonds. The average molecular weight is 156 g/mol. The molecule has 1 aromatic rings. The summed E-state index contributed by atoms with van der Waals surface area (Å²) in [6.45, 7) is 0. The Hall–Kier alpha value is -0.440. The van der Waals surface area contributed by atoms with Crippen LogP contribution in [-0.2, 0) is 13.5 Å². The van der Waals surface area contributed by atoms with E-state index >= 15 is 0 Å². The van der Waals surface area contributed by atoms with Gasteiger partial charge in [0.05, 0.1) is 0 Å². The number of thiol groups is 1. The van der Waals surface area contributed by atoms with Gasteiger partial charge < -0.3 is 0 Å². The molecule has 0 aromatic carbocycles. The zero-order chi connectivity index (χ0) is 7.40. The summed E-state index contributed by atoms with van der Waals surface area (Å²) in [5, 5.41) is 4.06. The quantitative estimate of drug-likeness (QED) is 0.653. The van der Waals surface area contributed by atoms with Crippen LogP contribution in [0.25, 0.3) is 0 Å². The lowest BCUT2D eigenvalue weighted by Crippen LogP contribution is -1.97. The summed E-state index contributed by atoms with van der Waals surface area (Å²) in [6, 6.07) is 2.05. The van der Waals surface area contributed by atoms with E-state index in [9.17, 15) is 0 Å². The molecule has 0 N–H and O–H groups in total. The fourth-order valence-corrected chi connectivity index (χ4v) is 1.06. The molecule has 56 valence electrons. The maximum absolute atomic E-state index is 4.14. The Balaban J connectivity index is 2.49. The highest BCUT2D eigenvalue weighted by molar-refractivity contribution is 7.80. The highest BCUT2D eigenvalue weighted by atomic mass is 32.1. The lowest BCUT2D eigenvalue weighted by Gasteiger charge is -1.97. The largest absolute Gasteiger partial charge is 0.273 e. The van der Waals surface area contributed by atoms with Gasteiger partial charge in [-0.2, -0.15) is 17.7 Å². The van der Waals surface area contributed by atoms with Crippen LogP contribution in [0.15, 0.2) is 12.3 Å². The van der Waals surface area contributed by atoms with Crippen molar-refractivity contribution >= 4 is 12.6 Å². The van der Waals surface area contributed by atoms with Gasteiger partial charge in [-0.1, -0.05) is 0 Å². The predicted octanol–water partition coefficient (Wildman–Crippen LogP) is 1.28. The zero-order valence-corrected chi connectivity index (χ0v) is 7.01. The molecule has 2 nitrogen and oxygen atoms in total. The molecule has 0 saturated carbocycles. The van der Waals surface area contributed by atoms with Crippen molar-refractivity contribution in [1.29, 1.82) is 0 Å². The van der Waals surface area contributed by atoms with Crippen molar-refractivity contribution < 1.29 is 0 Å². The number of rotatable bonds is 3. The van der Waals surface area contributed by atoms with E-state index in [-0.39, 0.29) is 0 Å². The van der Waals surface area contributed by atoms with E-state index in [2.05, 4.69) is 17.7 Å². The van der Waals surface area contributed by atoms with Crippen LogP contribution in [-0.4, -0.2) is 15.5 Å². The fraction of sp³-hybridized carbons (Fsp3) is 0.571. The van der Waals surface area contributed by atoms with Gasteiger partial charge in [0.2, 0.25) is 0 Å². The molecule has 0 fully saturated rings. The smallest absolute Gasteiger partial charge is 0.0492 e. The third-order valence-corrected chi connectivity index (χ3v) is 1.83. The Morgan fingerprint density at radius 3 is 3.00 bits per heavy atom. The fourth-order valence-electron chi connectivity index (χ4n) is 0.907. The van der Waals surface area contributed by atoms with E-state index in [1.807, 2.05) is 24.0 Å². The van der Waals surface area contributed by atoms with Gasteiger partial charge in [-0.25, -0.2) is 0 Å². The number of aryl methyl sites for hydroxylation is 2. The van der Waals surface area contributed by atoms with Gasteiger partial charge in [-0.15, -0.1) is 0 Å². The van der Waals surface area contributed by atoms with E-state index in [0.29, 0.717) is 0 Å². The van der Waals surface area contributed by atoms with Gasteiger partial charge in [0, 0.05) is 18.9 Å². The van der Waals surface area contributed by atoms with Gasteiger partial charge in [-0.3, -0.25) is 4.68 Å². The van der Waals surface area contributed by atoms with Crippen LogP contribution in [0.3, 0.4) is 0 Å². The standard InChI is InChI=1S/C7H12N2S/c1-9-7(3-2-6-10)4-5-8-9/h4-5,10H,2-3,6H2,1H3. The summed E-state index contributed by atoms with van der Waals surface area (Å²) in [7, 11) is 1.97. The molecule has 0 bridgehead atoms. The molecule has 1 aromatic heterocycles. The minimum atomic E-state index is 0.950. The summed E-state index contributed by atoms with van der Waals surface area (Å²) in [5.74, 6) is 0.950. The molecule has 1 rings (SSSR count). The van der Waals surface area contributed by atoms with Crippen LogP contribution in [0.2, 0.25) is 0 Å². The van der Waals surface area contributed by atoms with Crippen LogP contribution >= 0.6 is 12.6 Å². The second kappa shape index (κ2) is 3.66. The molecule has 0 aliphatic rings. The molecule has 0 aliphatic carbocycles. The minimum Gasteiger partial charge on any atom is -0.273 e. The van der Waals surface area contributed by atoms with E-state index in [1.165, 1.54) is 5.69 Å². The van der Waals surface area contributed by atoms with Gasteiger partial charge in [0.25, 0.3) is 0 Å². The van der Waals surface area contributed by atoms with Crippen molar-refractivity contribution in [3.8, 4) is 0 Å². The van der Waals surface area contributed by atoms with Crippen molar-refractivity contribution in [2.24, 2.45) is 7.05 Å². The molecule has 10 heavy (non-hydrogen) atoms. The molecule has 0 radical (unpaired) electrons. The Kier molecular flexibility index (Phi) is 2.81. The van der Waals surface area contributed by atoms with Crippen LogP contribution in [0.4, 0.5) is 0 Å². The molecular weight excluding hydrogens is 144 g/mol. The van der Waals surface area contributed by atoms with E-state index < -0.39 is 0 Å². The topological polar surface area (TPSA) is 17.8 Å². The van der Waals surface area contributed by atoms with Crippen LogP contribution in [0, 0.1) is 0 Å². The van der Waals surface area contributed by atoms with E-state index in [0.717, 1.165) is 18.6 Å². The third-order valence-electron chi connectivity index (χ3n) is 1.51. The first kappa shape index (κ1) is 7.66. The summed E-state index contributed by atoms with van der Waals surface area (Å²) in [4.78, 5) is 0. The summed E-state index contributed by atoms with van der Waals surface area (Å²) >= 11 is 4.14. The second-order valence-electron chi connectivity index (χ2n) is 2.27. The Labute approximate surface area is 66.7 Å². The number of hydrogen-bond acceptors (Lipinski definition) is 2. The van der Waals surface area contributed by atoms with Crippen molar-refractivity contribution in [1.82, 2.24) is 9.78 Å². The number of hydrogen-bond donors (Lipinski definition) is 1. The van der Waals surface area contributed by atoms with Gasteiger partial charge in [-0.05, 0) is 24.7 Å². The third kappa shape index (κ3) is 1.77. The Morgan fingerprint density at radius 1 is 1.70 bits per heavy atom. The van der Waals surface area contributed by atoms with E-state index in [4.69, 9.17) is 0 Å². The maximum atomic E-state index is 4.14. The van der Waals surface area contributed by atoms with Crippen molar-refractivity contribution in [2.45, 2.75) is 12.8 Å². The van der Waals surface area contributed by atoms with Crippen LogP contribution in [0.1, 0.15) is 12.1 Å². The minimum absolute atomic E-state index is 0.950. The van der Waals surface area contributed by atoms with Gasteiger partial charge in [0.1, 0.15) is 0 Å². The number of aromatic nitrogens is 2. The van der Waals surface area contributed by atoms with Crippen molar-refractivity contribution in [3.63, 3.8) is 0 Å². The zero-order valence-electron chi connectivity index (χ0n) is 6.12. The van der Waals surface area contributed by atoms with Gasteiger partial charge >= 0.3 is 0 Å². The lowest BCUT2D eigenvalue weighted by atomic mass is 10.2. The molecule has 0 atom stereocenters. The molecule has 3 heteroatoms. The average Bonchev–Trinajstić information content (AvgIpc) is 2.31. The summed E-state index contributed by atoms with van der Waals surface area (Å²) in [6.07, 6.45) is 4.04. The molecule has 0 saturated heterocycles. The highest BCUT2D eigenvalue weighted by Crippen LogP contribution is 2.00. The van der Waals surface area contributed by atoms with Crippen molar-refractivity contribution in [2.75, 3.05) is 5.75 Å². The second-order valence-corrected chi connectivity index (χ2v) is 2.72. The first-order chi connectivity index (χ1) is 4.84. The normalized spacial score (nSPS) is 10.2. The molecular formula is C7H12N2S. The predicted molar refractivity (Wildman–Crippen MR) is 45.4 cm³/mol. The first-order valence-electron chi connectivity index (χ1n) is 3.42. The Bertz CT molecular complexity index is 195. The SMILES string of the molecule is Cn1nccc1CCCS. The molecule has 0 unspecified atom stereocenters. The monoisotopic (exact) mass is 156 g/mol. The summed E-state index contributed by atoms with van der Waals surface area (Å²) in [5.41, 5.74) is 1.29. The maximum Gasteiger partial charge on any atom is 0.0492 e. The Morgan fingerprint density at radius 2 is 2.50 bits per heavy atom.